The smallest absolute Gasteiger partial charge is 0.133 e. The van der Waals surface area contributed by atoms with Gasteiger partial charge in [0.2, 0.25) is 0 Å². The molecule has 2 aromatic rings. The van der Waals surface area contributed by atoms with E-state index in [1.165, 1.54) is 11.3 Å². The first kappa shape index (κ1) is 15.4. The van der Waals surface area contributed by atoms with Crippen molar-refractivity contribution in [1.82, 2.24) is 9.88 Å². The van der Waals surface area contributed by atoms with E-state index in [2.05, 4.69) is 16.0 Å². The second-order valence-corrected chi connectivity index (χ2v) is 5.83. The fourth-order valence-corrected chi connectivity index (χ4v) is 2.72. The van der Waals surface area contributed by atoms with Gasteiger partial charge in [-0.05, 0) is 33.2 Å². The number of furan rings is 1. The molecule has 21 heavy (non-hydrogen) atoms. The Kier molecular flexibility index (Phi) is 5.26. The monoisotopic (exact) mass is 302 g/mol. The highest BCUT2D eigenvalue weighted by Crippen LogP contribution is 2.20. The second-order valence-electron chi connectivity index (χ2n) is 4.94. The summed E-state index contributed by atoms with van der Waals surface area (Å²) in [5.41, 5.74) is 0.936. The average molecular weight is 302 g/mol. The van der Waals surface area contributed by atoms with Crippen molar-refractivity contribution >= 4 is 17.6 Å². The van der Waals surface area contributed by atoms with E-state index in [9.17, 15) is 5.26 Å². The Balaban J connectivity index is 2.04. The van der Waals surface area contributed by atoms with Crippen molar-refractivity contribution in [3.05, 3.63) is 40.2 Å². The fraction of sp³-hybridized carbons (Fsp3) is 0.400. The molecule has 6 heteroatoms. The molecule has 0 bridgehead atoms. The van der Waals surface area contributed by atoms with Gasteiger partial charge in [0.05, 0.1) is 24.9 Å². The number of rotatable bonds is 6. The van der Waals surface area contributed by atoms with Crippen molar-refractivity contribution in [3.8, 4) is 6.07 Å². The van der Waals surface area contributed by atoms with E-state index in [0.717, 1.165) is 16.5 Å². The van der Waals surface area contributed by atoms with Gasteiger partial charge < -0.3 is 4.42 Å². The normalized spacial score (nSPS) is 14.4. The molecule has 0 spiro atoms. The maximum Gasteiger partial charge on any atom is 0.133 e. The predicted molar refractivity (Wildman–Crippen MR) is 83.7 cm³/mol. The Morgan fingerprint density at radius 2 is 2.38 bits per heavy atom. The number of aryl methyl sites for hydroxylation is 1. The summed E-state index contributed by atoms with van der Waals surface area (Å²) < 4.78 is 5.44. The Bertz CT molecular complexity index is 624. The van der Waals surface area contributed by atoms with E-state index < -0.39 is 0 Å². The molecule has 0 radical (unpaired) electrons. The Hall–Kier alpha value is -1.97. The molecule has 0 N–H and O–H groups in total. The lowest BCUT2D eigenvalue weighted by Crippen LogP contribution is -2.22. The van der Waals surface area contributed by atoms with Gasteiger partial charge in [-0.1, -0.05) is 0 Å². The molecule has 5 nitrogen and oxygen atoms in total. The van der Waals surface area contributed by atoms with Gasteiger partial charge in [0.15, 0.2) is 0 Å². The lowest BCUT2D eigenvalue weighted by atomic mass is 10.2. The minimum Gasteiger partial charge on any atom is -0.468 e. The third kappa shape index (κ3) is 4.00. The van der Waals surface area contributed by atoms with E-state index in [1.807, 2.05) is 43.4 Å². The molecule has 0 saturated heterocycles. The van der Waals surface area contributed by atoms with Crippen molar-refractivity contribution in [1.29, 1.82) is 5.26 Å². The topological polar surface area (TPSA) is 65.4 Å². The standard InChI is InChI=1S/C15H18N4OS/c1-11-10-21-15(18-11)12(7-16)8-17-9-13(19(2)3)14-5-4-6-20-14/h4-6,8,10,12-13H,9H2,1-3H3/t12-,13-/m1/s1. The first-order chi connectivity index (χ1) is 10.1. The van der Waals surface area contributed by atoms with Crippen molar-refractivity contribution in [2.45, 2.75) is 18.9 Å². The number of hydrogen-bond acceptors (Lipinski definition) is 6. The summed E-state index contributed by atoms with van der Waals surface area (Å²) in [5.74, 6) is 0.485. The molecule has 0 unspecified atom stereocenters. The summed E-state index contributed by atoms with van der Waals surface area (Å²) in [6, 6.07) is 6.10. The Labute approximate surface area is 128 Å². The zero-order valence-electron chi connectivity index (χ0n) is 12.4. The van der Waals surface area contributed by atoms with E-state index >= 15 is 0 Å². The van der Waals surface area contributed by atoms with Gasteiger partial charge in [-0.3, -0.25) is 9.89 Å². The molecule has 2 rings (SSSR count). The molecular weight excluding hydrogens is 284 g/mol. The molecule has 2 aromatic heterocycles. The largest absolute Gasteiger partial charge is 0.468 e. The van der Waals surface area contributed by atoms with E-state index in [-0.39, 0.29) is 12.0 Å². The number of aliphatic imine (C=N–C) groups is 1. The van der Waals surface area contributed by atoms with Crippen LogP contribution in [0.25, 0.3) is 0 Å². The lowest BCUT2D eigenvalue weighted by molar-refractivity contribution is 0.265. The van der Waals surface area contributed by atoms with Gasteiger partial charge in [-0.2, -0.15) is 5.26 Å². The molecule has 0 aliphatic heterocycles. The van der Waals surface area contributed by atoms with Gasteiger partial charge >= 0.3 is 0 Å². The van der Waals surface area contributed by atoms with Gasteiger partial charge in [0.25, 0.3) is 0 Å². The Morgan fingerprint density at radius 3 is 2.90 bits per heavy atom. The number of likely N-dealkylation sites (N-methyl/N-ethyl adjacent to an activating group) is 1. The molecule has 0 amide bonds. The third-order valence-electron chi connectivity index (χ3n) is 3.07. The molecular formula is C15H18N4OS. The summed E-state index contributed by atoms with van der Waals surface area (Å²) in [5, 5.41) is 12.0. The van der Waals surface area contributed by atoms with Crippen LogP contribution in [0.4, 0.5) is 0 Å². The number of aromatic nitrogens is 1. The summed E-state index contributed by atoms with van der Waals surface area (Å²) in [4.78, 5) is 10.8. The summed E-state index contributed by atoms with van der Waals surface area (Å²) in [7, 11) is 3.96. The van der Waals surface area contributed by atoms with Crippen LogP contribution in [0.5, 0.6) is 0 Å². The number of nitrogens with zero attached hydrogens (tertiary/aromatic N) is 4. The van der Waals surface area contributed by atoms with Gasteiger partial charge in [0.1, 0.15) is 16.7 Å². The van der Waals surface area contributed by atoms with Crippen LogP contribution in [-0.4, -0.2) is 36.7 Å². The third-order valence-corrected chi connectivity index (χ3v) is 4.12. The van der Waals surface area contributed by atoms with Gasteiger partial charge in [0, 0.05) is 17.3 Å². The predicted octanol–water partition coefficient (Wildman–Crippen LogP) is 3.03. The van der Waals surface area contributed by atoms with Crippen LogP contribution in [0.15, 0.2) is 33.2 Å². The lowest BCUT2D eigenvalue weighted by Gasteiger charge is -2.20. The van der Waals surface area contributed by atoms with Crippen molar-refractivity contribution in [2.24, 2.45) is 4.99 Å². The highest BCUT2D eigenvalue weighted by molar-refractivity contribution is 7.09. The van der Waals surface area contributed by atoms with Crippen molar-refractivity contribution in [3.63, 3.8) is 0 Å². The molecule has 0 aromatic carbocycles. The maximum atomic E-state index is 9.24. The van der Waals surface area contributed by atoms with Crippen LogP contribution >= 0.6 is 11.3 Å². The molecule has 2 heterocycles. The van der Waals surface area contributed by atoms with Crippen LogP contribution in [0.3, 0.4) is 0 Å². The minimum absolute atomic E-state index is 0.0635. The van der Waals surface area contributed by atoms with Crippen LogP contribution in [0, 0.1) is 18.3 Å². The number of nitriles is 1. The van der Waals surface area contributed by atoms with Crippen molar-refractivity contribution in [2.75, 3.05) is 20.6 Å². The number of thiazole rings is 1. The van der Waals surface area contributed by atoms with Crippen LogP contribution in [-0.2, 0) is 0 Å². The van der Waals surface area contributed by atoms with Crippen LogP contribution in [0.2, 0.25) is 0 Å². The molecule has 110 valence electrons. The summed E-state index contributed by atoms with van der Waals surface area (Å²) in [6.45, 7) is 2.47. The fourth-order valence-electron chi connectivity index (χ4n) is 1.92. The SMILES string of the molecule is Cc1csc([C@H](C#N)C=NC[C@H](c2ccco2)N(C)C)n1. The average Bonchev–Trinajstić information content (AvgIpc) is 3.10. The molecule has 0 saturated carbocycles. The van der Waals surface area contributed by atoms with E-state index in [1.54, 1.807) is 12.5 Å². The van der Waals surface area contributed by atoms with Crippen LogP contribution < -0.4 is 0 Å². The molecule has 2 atom stereocenters. The molecule has 0 aliphatic carbocycles. The minimum atomic E-state index is -0.386. The van der Waals surface area contributed by atoms with E-state index in [0.29, 0.717) is 6.54 Å². The highest BCUT2D eigenvalue weighted by atomic mass is 32.1. The van der Waals surface area contributed by atoms with Crippen LogP contribution in [0.1, 0.15) is 28.4 Å². The maximum absolute atomic E-state index is 9.24. The second kappa shape index (κ2) is 7.16. The zero-order chi connectivity index (χ0) is 15.2. The quantitative estimate of drug-likeness (QED) is 0.769. The summed E-state index contributed by atoms with van der Waals surface area (Å²) in [6.07, 6.45) is 3.34. The number of hydrogen-bond donors (Lipinski definition) is 0. The van der Waals surface area contributed by atoms with Crippen molar-refractivity contribution < 1.29 is 4.42 Å². The highest BCUT2D eigenvalue weighted by Gasteiger charge is 2.17. The van der Waals surface area contributed by atoms with Gasteiger partial charge in [-0.15, -0.1) is 11.3 Å². The Morgan fingerprint density at radius 1 is 1.57 bits per heavy atom. The summed E-state index contributed by atoms with van der Waals surface area (Å²) >= 11 is 1.49. The molecule has 0 fully saturated rings. The first-order valence-electron chi connectivity index (χ1n) is 6.63. The zero-order valence-corrected chi connectivity index (χ0v) is 13.2. The first-order valence-corrected chi connectivity index (χ1v) is 7.51. The molecule has 0 aliphatic rings. The van der Waals surface area contributed by atoms with Gasteiger partial charge in [-0.25, -0.2) is 4.98 Å². The van der Waals surface area contributed by atoms with E-state index in [4.69, 9.17) is 4.42 Å².